The molecular weight excluding hydrogens is 378 g/mol. The second kappa shape index (κ2) is 7.06. The van der Waals surface area contributed by atoms with Crippen LogP contribution in [0.25, 0.3) is 22.8 Å². The SMILES string of the molecule is CC(C)Oc1ccc(-c2noc(-c3ccc(S(N)(=O)=O)cc3)n2)cc1Cl. The Bertz CT molecular complexity index is 1030. The predicted octanol–water partition coefficient (Wildman–Crippen LogP) is 3.49. The van der Waals surface area contributed by atoms with E-state index in [1.54, 1.807) is 30.3 Å². The van der Waals surface area contributed by atoms with E-state index >= 15 is 0 Å². The van der Waals surface area contributed by atoms with Gasteiger partial charge in [-0.05, 0) is 56.3 Å². The summed E-state index contributed by atoms with van der Waals surface area (Å²) in [4.78, 5) is 4.32. The largest absolute Gasteiger partial charge is 0.489 e. The zero-order valence-electron chi connectivity index (χ0n) is 14.0. The van der Waals surface area contributed by atoms with Gasteiger partial charge in [-0.3, -0.25) is 0 Å². The molecule has 26 heavy (non-hydrogen) atoms. The maximum Gasteiger partial charge on any atom is 0.258 e. The first-order valence-electron chi connectivity index (χ1n) is 7.67. The molecule has 0 atom stereocenters. The Hall–Kier alpha value is -2.42. The molecule has 1 heterocycles. The van der Waals surface area contributed by atoms with Gasteiger partial charge in [-0.1, -0.05) is 16.8 Å². The molecule has 0 bridgehead atoms. The van der Waals surface area contributed by atoms with Crippen molar-refractivity contribution in [1.82, 2.24) is 10.1 Å². The van der Waals surface area contributed by atoms with Crippen LogP contribution in [-0.2, 0) is 10.0 Å². The summed E-state index contributed by atoms with van der Waals surface area (Å²) in [6.07, 6.45) is 0.00966. The number of nitrogens with two attached hydrogens (primary N) is 1. The predicted molar refractivity (Wildman–Crippen MR) is 97.3 cm³/mol. The van der Waals surface area contributed by atoms with Gasteiger partial charge in [0.05, 0.1) is 16.0 Å². The number of benzene rings is 2. The van der Waals surface area contributed by atoms with E-state index in [0.29, 0.717) is 27.7 Å². The third-order valence-electron chi connectivity index (χ3n) is 3.41. The highest BCUT2D eigenvalue weighted by molar-refractivity contribution is 7.89. The van der Waals surface area contributed by atoms with Gasteiger partial charge in [-0.2, -0.15) is 4.98 Å². The van der Waals surface area contributed by atoms with Crippen molar-refractivity contribution in [3.05, 3.63) is 47.5 Å². The number of hydrogen-bond acceptors (Lipinski definition) is 6. The molecule has 3 rings (SSSR count). The quantitative estimate of drug-likeness (QED) is 0.710. The van der Waals surface area contributed by atoms with E-state index in [4.69, 9.17) is 26.0 Å². The van der Waals surface area contributed by atoms with Gasteiger partial charge in [0.25, 0.3) is 5.89 Å². The molecule has 136 valence electrons. The minimum atomic E-state index is -3.75. The lowest BCUT2D eigenvalue weighted by Crippen LogP contribution is -2.11. The fourth-order valence-corrected chi connectivity index (χ4v) is 2.98. The standard InChI is InChI=1S/C17H16ClN3O4S/c1-10(2)24-15-8-5-12(9-14(15)18)16-20-17(25-21-16)11-3-6-13(7-4-11)26(19,22)23/h3-10H,1-2H3,(H2,19,22,23). The number of halogens is 1. The number of hydrogen-bond donors (Lipinski definition) is 1. The van der Waals surface area contributed by atoms with E-state index in [0.717, 1.165) is 0 Å². The van der Waals surface area contributed by atoms with Crippen molar-refractivity contribution < 1.29 is 17.7 Å². The highest BCUT2D eigenvalue weighted by Crippen LogP contribution is 2.31. The van der Waals surface area contributed by atoms with Gasteiger partial charge >= 0.3 is 0 Å². The van der Waals surface area contributed by atoms with Crippen LogP contribution in [0.5, 0.6) is 5.75 Å². The van der Waals surface area contributed by atoms with E-state index in [-0.39, 0.29) is 16.9 Å². The molecule has 0 spiro atoms. The Kier molecular flexibility index (Phi) is 4.99. The number of sulfonamides is 1. The molecule has 2 aromatic carbocycles. The van der Waals surface area contributed by atoms with Crippen molar-refractivity contribution in [2.24, 2.45) is 5.14 Å². The van der Waals surface area contributed by atoms with E-state index in [9.17, 15) is 8.42 Å². The molecule has 1 aromatic heterocycles. The molecule has 0 fully saturated rings. The van der Waals surface area contributed by atoms with Crippen molar-refractivity contribution >= 4 is 21.6 Å². The van der Waals surface area contributed by atoms with Gasteiger partial charge in [-0.15, -0.1) is 0 Å². The average Bonchev–Trinajstić information content (AvgIpc) is 3.06. The number of primary sulfonamides is 1. The molecule has 0 amide bonds. The maximum absolute atomic E-state index is 11.3. The second-order valence-corrected chi connectivity index (χ2v) is 7.77. The first kappa shape index (κ1) is 18.4. The van der Waals surface area contributed by atoms with Gasteiger partial charge in [0.15, 0.2) is 0 Å². The van der Waals surface area contributed by atoms with Gasteiger partial charge in [0.1, 0.15) is 5.75 Å². The highest BCUT2D eigenvalue weighted by atomic mass is 35.5. The Morgan fingerprint density at radius 2 is 1.77 bits per heavy atom. The zero-order valence-corrected chi connectivity index (χ0v) is 15.6. The van der Waals surface area contributed by atoms with Crippen LogP contribution >= 0.6 is 11.6 Å². The van der Waals surface area contributed by atoms with Crippen molar-refractivity contribution in [2.45, 2.75) is 24.8 Å². The molecule has 3 aromatic rings. The molecule has 0 unspecified atom stereocenters. The van der Waals surface area contributed by atoms with Crippen LogP contribution in [-0.4, -0.2) is 24.7 Å². The third kappa shape index (κ3) is 4.04. The van der Waals surface area contributed by atoms with E-state index < -0.39 is 10.0 Å². The average molecular weight is 394 g/mol. The maximum atomic E-state index is 11.3. The van der Waals surface area contributed by atoms with Gasteiger partial charge in [0, 0.05) is 11.1 Å². The first-order chi connectivity index (χ1) is 12.2. The van der Waals surface area contributed by atoms with Crippen molar-refractivity contribution in [2.75, 3.05) is 0 Å². The van der Waals surface area contributed by atoms with E-state index in [1.807, 2.05) is 13.8 Å². The van der Waals surface area contributed by atoms with Crippen molar-refractivity contribution in [3.8, 4) is 28.6 Å². The van der Waals surface area contributed by atoms with Crippen LogP contribution < -0.4 is 9.88 Å². The number of rotatable bonds is 5. The number of nitrogens with zero attached hydrogens (tertiary/aromatic N) is 2. The van der Waals surface area contributed by atoms with Crippen LogP contribution in [0.3, 0.4) is 0 Å². The van der Waals surface area contributed by atoms with Crippen molar-refractivity contribution in [3.63, 3.8) is 0 Å². The third-order valence-corrected chi connectivity index (χ3v) is 4.63. The van der Waals surface area contributed by atoms with Crippen LogP contribution in [0.15, 0.2) is 51.9 Å². The van der Waals surface area contributed by atoms with Crippen LogP contribution in [0.1, 0.15) is 13.8 Å². The molecule has 0 aliphatic rings. The molecule has 0 aliphatic heterocycles. The summed E-state index contributed by atoms with van der Waals surface area (Å²) in [7, 11) is -3.75. The van der Waals surface area contributed by atoms with E-state index in [2.05, 4.69) is 10.1 Å². The molecular formula is C17H16ClN3O4S. The lowest BCUT2D eigenvalue weighted by atomic mass is 10.2. The molecule has 0 aliphatic carbocycles. The topological polar surface area (TPSA) is 108 Å². The highest BCUT2D eigenvalue weighted by Gasteiger charge is 2.14. The second-order valence-electron chi connectivity index (χ2n) is 5.80. The lowest BCUT2D eigenvalue weighted by Gasteiger charge is -2.11. The molecule has 9 heteroatoms. The molecule has 2 N–H and O–H groups in total. The summed E-state index contributed by atoms with van der Waals surface area (Å²) in [6.45, 7) is 3.83. The number of ether oxygens (including phenoxy) is 1. The zero-order chi connectivity index (χ0) is 18.9. The first-order valence-corrected chi connectivity index (χ1v) is 9.60. The summed E-state index contributed by atoms with van der Waals surface area (Å²) < 4.78 is 33.4. The van der Waals surface area contributed by atoms with Gasteiger partial charge in [0.2, 0.25) is 15.8 Å². The monoisotopic (exact) mass is 393 g/mol. The Balaban J connectivity index is 1.87. The van der Waals surface area contributed by atoms with Crippen LogP contribution in [0, 0.1) is 0 Å². The number of aromatic nitrogens is 2. The Labute approximate surface area is 155 Å². The molecule has 0 saturated carbocycles. The molecule has 0 radical (unpaired) electrons. The summed E-state index contributed by atoms with van der Waals surface area (Å²) in [5, 5.41) is 9.46. The van der Waals surface area contributed by atoms with Crippen LogP contribution in [0.4, 0.5) is 0 Å². The fraction of sp³-hybridized carbons (Fsp3) is 0.176. The minimum absolute atomic E-state index is 0.00788. The summed E-state index contributed by atoms with van der Waals surface area (Å²) in [5.74, 6) is 1.18. The summed E-state index contributed by atoms with van der Waals surface area (Å²) >= 11 is 6.23. The smallest absolute Gasteiger partial charge is 0.258 e. The fourth-order valence-electron chi connectivity index (χ4n) is 2.23. The molecule has 7 nitrogen and oxygen atoms in total. The summed E-state index contributed by atoms with van der Waals surface area (Å²) in [6, 6.07) is 11.1. The minimum Gasteiger partial charge on any atom is -0.489 e. The van der Waals surface area contributed by atoms with Crippen molar-refractivity contribution in [1.29, 1.82) is 0 Å². The van der Waals surface area contributed by atoms with Gasteiger partial charge < -0.3 is 9.26 Å². The van der Waals surface area contributed by atoms with Crippen LogP contribution in [0.2, 0.25) is 5.02 Å². The Morgan fingerprint density at radius 1 is 1.12 bits per heavy atom. The Morgan fingerprint density at radius 3 is 2.35 bits per heavy atom. The van der Waals surface area contributed by atoms with Gasteiger partial charge in [-0.25, -0.2) is 13.6 Å². The summed E-state index contributed by atoms with van der Waals surface area (Å²) in [5.41, 5.74) is 1.24. The molecule has 0 saturated heterocycles. The van der Waals surface area contributed by atoms with E-state index in [1.165, 1.54) is 12.1 Å². The lowest BCUT2D eigenvalue weighted by molar-refractivity contribution is 0.242. The normalized spacial score (nSPS) is 11.7.